The zero-order valence-corrected chi connectivity index (χ0v) is 9.93. The van der Waals surface area contributed by atoms with Crippen molar-refractivity contribution in [1.82, 2.24) is 4.90 Å². The molecule has 3 N–H and O–H groups in total. The summed E-state index contributed by atoms with van der Waals surface area (Å²) in [6.07, 6.45) is 0. The number of ether oxygens (including phenoxy) is 1. The number of methoxy groups -OCH3 is 1. The molecule has 0 bridgehead atoms. The Bertz CT molecular complexity index is 449. The number of rotatable bonds is 2. The predicted octanol–water partition coefficient (Wildman–Crippen LogP) is 0.484. The Balaban J connectivity index is 2.21. The monoisotopic (exact) mass is 236 g/mol. The largest absolute Gasteiger partial charge is 0.495 e. The van der Waals surface area contributed by atoms with Gasteiger partial charge in [-0.3, -0.25) is 4.79 Å². The van der Waals surface area contributed by atoms with Gasteiger partial charge in [-0.15, -0.1) is 0 Å². The van der Waals surface area contributed by atoms with Crippen molar-refractivity contribution in [3.05, 3.63) is 23.8 Å². The second kappa shape index (κ2) is 3.92. The minimum atomic E-state index is -0.775. The van der Waals surface area contributed by atoms with Crippen LogP contribution in [-0.4, -0.2) is 41.7 Å². The van der Waals surface area contributed by atoms with E-state index in [9.17, 15) is 9.90 Å². The highest BCUT2D eigenvalue weighted by Gasteiger charge is 2.40. The zero-order valence-electron chi connectivity index (χ0n) is 9.93. The Kier molecular flexibility index (Phi) is 2.71. The fourth-order valence-electron chi connectivity index (χ4n) is 2.00. The van der Waals surface area contributed by atoms with Crippen LogP contribution in [0.25, 0.3) is 0 Å². The minimum absolute atomic E-state index is 0.173. The van der Waals surface area contributed by atoms with Gasteiger partial charge in [0.05, 0.1) is 37.1 Å². The Morgan fingerprint density at radius 1 is 1.53 bits per heavy atom. The molecule has 17 heavy (non-hydrogen) atoms. The number of amides is 1. The summed E-state index contributed by atoms with van der Waals surface area (Å²) < 4.78 is 5.06. The number of nitrogens with zero attached hydrogens (tertiary/aromatic N) is 1. The quantitative estimate of drug-likeness (QED) is 0.732. The number of hydrogen-bond donors (Lipinski definition) is 2. The number of β-amino-alcohol motifs (C(OH)–C–C–N with tert-alkyl or cyclic N) is 1. The van der Waals surface area contributed by atoms with Gasteiger partial charge in [0.25, 0.3) is 5.91 Å². The molecule has 0 unspecified atom stereocenters. The summed E-state index contributed by atoms with van der Waals surface area (Å²) in [6.45, 7) is 2.37. The number of anilines is 1. The van der Waals surface area contributed by atoms with Crippen LogP contribution in [0.5, 0.6) is 5.75 Å². The number of carbonyl (C=O) groups excluding carboxylic acids is 1. The van der Waals surface area contributed by atoms with Crippen LogP contribution in [0.3, 0.4) is 0 Å². The fraction of sp³-hybridized carbons (Fsp3) is 0.417. The van der Waals surface area contributed by atoms with E-state index >= 15 is 0 Å². The molecule has 92 valence electrons. The first-order valence-electron chi connectivity index (χ1n) is 5.39. The van der Waals surface area contributed by atoms with E-state index in [1.54, 1.807) is 30.0 Å². The molecule has 1 heterocycles. The summed E-state index contributed by atoms with van der Waals surface area (Å²) in [5, 5.41) is 9.60. The summed E-state index contributed by atoms with van der Waals surface area (Å²) in [7, 11) is 1.51. The second-order valence-corrected chi connectivity index (χ2v) is 4.58. The molecular weight excluding hydrogens is 220 g/mol. The molecule has 1 saturated heterocycles. The van der Waals surface area contributed by atoms with Gasteiger partial charge in [0, 0.05) is 0 Å². The maximum atomic E-state index is 12.1. The van der Waals surface area contributed by atoms with Crippen LogP contribution in [0.15, 0.2) is 18.2 Å². The van der Waals surface area contributed by atoms with Gasteiger partial charge in [-0.05, 0) is 19.1 Å². The molecule has 1 amide bonds. The van der Waals surface area contributed by atoms with Gasteiger partial charge >= 0.3 is 0 Å². The topological polar surface area (TPSA) is 75.8 Å². The number of aliphatic hydroxyl groups is 1. The summed E-state index contributed by atoms with van der Waals surface area (Å²) in [5.41, 5.74) is 5.83. The van der Waals surface area contributed by atoms with Crippen LogP contribution in [-0.2, 0) is 0 Å². The van der Waals surface area contributed by atoms with Gasteiger partial charge in [0.1, 0.15) is 5.75 Å². The Labute approximate surface area is 99.8 Å². The molecule has 5 nitrogen and oxygen atoms in total. The molecule has 0 aromatic heterocycles. The minimum Gasteiger partial charge on any atom is -0.495 e. The number of nitrogens with two attached hydrogens (primary N) is 1. The molecular formula is C12H16N2O3. The molecule has 0 saturated carbocycles. The molecule has 0 spiro atoms. The maximum Gasteiger partial charge on any atom is 0.256 e. The molecule has 1 fully saturated rings. The van der Waals surface area contributed by atoms with Crippen molar-refractivity contribution in [2.24, 2.45) is 0 Å². The summed E-state index contributed by atoms with van der Waals surface area (Å²) in [6, 6.07) is 5.09. The van der Waals surface area contributed by atoms with Gasteiger partial charge in [0.2, 0.25) is 0 Å². The highest BCUT2D eigenvalue weighted by atomic mass is 16.5. The molecule has 0 atom stereocenters. The molecule has 0 radical (unpaired) electrons. The van der Waals surface area contributed by atoms with E-state index in [-0.39, 0.29) is 5.91 Å². The third-order valence-electron chi connectivity index (χ3n) is 2.87. The molecule has 1 aromatic rings. The average Bonchev–Trinajstić information content (AvgIpc) is 2.25. The standard InChI is InChI=1S/C12H16N2O3/c1-12(16)6-14(7-12)11(15)8-4-3-5-9(17-2)10(8)13/h3-5,16H,6-7,13H2,1-2H3. The van der Waals surface area contributed by atoms with Crippen LogP contribution in [0, 0.1) is 0 Å². The third kappa shape index (κ3) is 2.06. The molecule has 2 rings (SSSR count). The molecule has 5 heteroatoms. The Hall–Kier alpha value is -1.75. The highest BCUT2D eigenvalue weighted by molar-refractivity contribution is 6.00. The number of para-hydroxylation sites is 1. The number of benzene rings is 1. The number of carbonyl (C=O) groups is 1. The van der Waals surface area contributed by atoms with Gasteiger partial charge < -0.3 is 20.5 Å². The van der Waals surface area contributed by atoms with E-state index in [2.05, 4.69) is 0 Å². The van der Waals surface area contributed by atoms with Gasteiger partial charge in [0.15, 0.2) is 0 Å². The first-order chi connectivity index (χ1) is 7.94. The number of hydrogen-bond acceptors (Lipinski definition) is 4. The summed E-state index contributed by atoms with van der Waals surface area (Å²) in [4.78, 5) is 13.6. The fourth-order valence-corrected chi connectivity index (χ4v) is 2.00. The lowest BCUT2D eigenvalue weighted by atomic mass is 9.95. The van der Waals surface area contributed by atoms with Crippen LogP contribution in [0.1, 0.15) is 17.3 Å². The molecule has 1 aliphatic rings. The van der Waals surface area contributed by atoms with E-state index in [1.165, 1.54) is 7.11 Å². The number of nitrogen functional groups attached to an aromatic ring is 1. The molecule has 0 aliphatic carbocycles. The van der Waals surface area contributed by atoms with Crippen molar-refractivity contribution >= 4 is 11.6 Å². The highest BCUT2D eigenvalue weighted by Crippen LogP contribution is 2.29. The van der Waals surface area contributed by atoms with Crippen molar-refractivity contribution < 1.29 is 14.6 Å². The van der Waals surface area contributed by atoms with Gasteiger partial charge in [-0.1, -0.05) is 6.07 Å². The van der Waals surface area contributed by atoms with Crippen molar-refractivity contribution in [2.75, 3.05) is 25.9 Å². The Morgan fingerprint density at radius 3 is 2.71 bits per heavy atom. The first-order valence-corrected chi connectivity index (χ1v) is 5.39. The number of likely N-dealkylation sites (tertiary alicyclic amines) is 1. The zero-order chi connectivity index (χ0) is 12.6. The van der Waals surface area contributed by atoms with Crippen molar-refractivity contribution in [2.45, 2.75) is 12.5 Å². The van der Waals surface area contributed by atoms with Crippen LogP contribution in [0.4, 0.5) is 5.69 Å². The second-order valence-electron chi connectivity index (χ2n) is 4.58. The summed E-state index contributed by atoms with van der Waals surface area (Å²) >= 11 is 0. The lowest BCUT2D eigenvalue weighted by Crippen LogP contribution is -2.61. The van der Waals surface area contributed by atoms with Crippen LogP contribution < -0.4 is 10.5 Å². The normalized spacial score (nSPS) is 17.5. The van der Waals surface area contributed by atoms with Crippen LogP contribution in [0.2, 0.25) is 0 Å². The van der Waals surface area contributed by atoms with Gasteiger partial charge in [-0.2, -0.15) is 0 Å². The third-order valence-corrected chi connectivity index (χ3v) is 2.87. The Morgan fingerprint density at radius 2 is 2.18 bits per heavy atom. The lowest BCUT2D eigenvalue weighted by molar-refractivity contribution is -0.0668. The van der Waals surface area contributed by atoms with E-state index < -0.39 is 5.60 Å². The van der Waals surface area contributed by atoms with E-state index in [0.717, 1.165) is 0 Å². The lowest BCUT2D eigenvalue weighted by Gasteiger charge is -2.44. The smallest absolute Gasteiger partial charge is 0.256 e. The van der Waals surface area contributed by atoms with Gasteiger partial charge in [-0.25, -0.2) is 0 Å². The first kappa shape index (κ1) is 11.7. The van der Waals surface area contributed by atoms with Crippen molar-refractivity contribution in [1.29, 1.82) is 0 Å². The molecule has 1 aliphatic heterocycles. The van der Waals surface area contributed by atoms with Crippen LogP contribution >= 0.6 is 0 Å². The van der Waals surface area contributed by atoms with E-state index in [1.807, 2.05) is 0 Å². The average molecular weight is 236 g/mol. The molecule has 1 aromatic carbocycles. The summed E-state index contributed by atoms with van der Waals surface area (Å²) in [5.74, 6) is 0.316. The SMILES string of the molecule is COc1cccc(C(=O)N2CC(C)(O)C2)c1N. The van der Waals surface area contributed by atoms with Crippen molar-refractivity contribution in [3.8, 4) is 5.75 Å². The maximum absolute atomic E-state index is 12.1. The van der Waals surface area contributed by atoms with E-state index in [4.69, 9.17) is 10.5 Å². The van der Waals surface area contributed by atoms with Crippen molar-refractivity contribution in [3.63, 3.8) is 0 Å². The predicted molar refractivity (Wildman–Crippen MR) is 63.9 cm³/mol. The van der Waals surface area contributed by atoms with E-state index in [0.29, 0.717) is 30.1 Å².